The second kappa shape index (κ2) is 7.72. The summed E-state index contributed by atoms with van der Waals surface area (Å²) in [6, 6.07) is 17.2. The largest absolute Gasteiger partial charge is 0.493 e. The molecular weight excluding hydrogens is 402 g/mol. The van der Waals surface area contributed by atoms with Crippen molar-refractivity contribution in [2.45, 2.75) is 18.7 Å². The number of nitrogens with one attached hydrogen (secondary N) is 2. The average Bonchev–Trinajstić information content (AvgIpc) is 3.06. The van der Waals surface area contributed by atoms with Crippen molar-refractivity contribution in [2.24, 2.45) is 0 Å². The molecule has 154 valence electrons. The molecule has 0 saturated carbocycles. The predicted octanol–water partition coefficient (Wildman–Crippen LogP) is 3.83. The Kier molecular flexibility index (Phi) is 5.09. The van der Waals surface area contributed by atoms with E-state index in [1.54, 1.807) is 55.6 Å². The number of para-hydroxylation sites is 2. The lowest BCUT2D eigenvalue weighted by Gasteiger charge is -2.16. The van der Waals surface area contributed by atoms with Crippen LogP contribution < -0.4 is 15.1 Å². The zero-order chi connectivity index (χ0) is 21.3. The lowest BCUT2D eigenvalue weighted by molar-refractivity contribution is 0.344. The molecule has 4 aromatic rings. The zero-order valence-electron chi connectivity index (χ0n) is 16.5. The van der Waals surface area contributed by atoms with E-state index in [2.05, 4.69) is 9.71 Å². The van der Waals surface area contributed by atoms with Crippen molar-refractivity contribution in [2.75, 3.05) is 11.3 Å². The van der Waals surface area contributed by atoms with Gasteiger partial charge >= 0.3 is 5.69 Å². The molecule has 0 atom stereocenters. The fourth-order valence-corrected chi connectivity index (χ4v) is 4.76. The Bertz CT molecular complexity index is 1390. The first-order valence-corrected chi connectivity index (χ1v) is 10.9. The minimum absolute atomic E-state index is 0.134. The molecular formula is C22H21N3O4S. The Morgan fingerprint density at radius 2 is 1.70 bits per heavy atom. The summed E-state index contributed by atoms with van der Waals surface area (Å²) in [5.41, 5.74) is 1.07. The van der Waals surface area contributed by atoms with Crippen molar-refractivity contribution in [3.63, 3.8) is 0 Å². The number of aryl methyl sites for hydroxylation is 1. The van der Waals surface area contributed by atoms with Crippen LogP contribution in [0.2, 0.25) is 0 Å². The second-order valence-electron chi connectivity index (χ2n) is 6.73. The Balaban J connectivity index is 1.83. The highest BCUT2D eigenvalue weighted by molar-refractivity contribution is 7.93. The molecule has 0 amide bonds. The minimum atomic E-state index is -3.94. The topological polar surface area (TPSA) is 93.2 Å². The molecule has 0 aliphatic carbocycles. The number of benzene rings is 3. The van der Waals surface area contributed by atoms with E-state index in [9.17, 15) is 13.2 Å². The van der Waals surface area contributed by atoms with Gasteiger partial charge in [0.1, 0.15) is 5.75 Å². The number of aromatic nitrogens is 2. The molecule has 0 bridgehead atoms. The summed E-state index contributed by atoms with van der Waals surface area (Å²) in [6.07, 6.45) is 1.58. The van der Waals surface area contributed by atoms with Gasteiger partial charge in [-0.2, -0.15) is 0 Å². The number of hydrogen-bond acceptors (Lipinski definition) is 4. The molecule has 30 heavy (non-hydrogen) atoms. The lowest BCUT2D eigenvalue weighted by atomic mass is 10.1. The van der Waals surface area contributed by atoms with E-state index >= 15 is 0 Å². The van der Waals surface area contributed by atoms with Gasteiger partial charge in [-0.15, -0.1) is 0 Å². The Hall–Kier alpha value is -3.52. The molecule has 0 spiro atoms. The third-order valence-electron chi connectivity index (χ3n) is 4.78. The number of nitrogens with zero attached hydrogens (tertiary/aromatic N) is 1. The quantitative estimate of drug-likeness (QED) is 0.493. The normalized spacial score (nSPS) is 11.5. The van der Waals surface area contributed by atoms with Crippen LogP contribution in [0.4, 0.5) is 5.69 Å². The molecule has 0 radical (unpaired) electrons. The number of fused-ring (bicyclic) bond motifs is 1. The number of anilines is 1. The molecule has 1 aromatic heterocycles. The molecule has 4 rings (SSSR count). The maximum Gasteiger partial charge on any atom is 0.330 e. The van der Waals surface area contributed by atoms with E-state index in [1.807, 2.05) is 19.1 Å². The van der Waals surface area contributed by atoms with Gasteiger partial charge in [0.2, 0.25) is 0 Å². The molecule has 1 heterocycles. The van der Waals surface area contributed by atoms with Crippen LogP contribution in [0, 0.1) is 6.92 Å². The van der Waals surface area contributed by atoms with Crippen molar-refractivity contribution >= 4 is 26.5 Å². The van der Waals surface area contributed by atoms with Crippen molar-refractivity contribution in [3.05, 3.63) is 83.0 Å². The minimum Gasteiger partial charge on any atom is -0.493 e. The number of sulfonamides is 1. The van der Waals surface area contributed by atoms with Crippen molar-refractivity contribution in [1.29, 1.82) is 0 Å². The third-order valence-corrected chi connectivity index (χ3v) is 6.21. The molecule has 0 saturated heterocycles. The summed E-state index contributed by atoms with van der Waals surface area (Å²) in [5, 5.41) is 1.27. The molecule has 0 aliphatic rings. The van der Waals surface area contributed by atoms with Gasteiger partial charge in [0.15, 0.2) is 0 Å². The summed E-state index contributed by atoms with van der Waals surface area (Å²) >= 11 is 0. The van der Waals surface area contributed by atoms with Crippen LogP contribution in [0.1, 0.15) is 12.6 Å². The van der Waals surface area contributed by atoms with Gasteiger partial charge in [0.25, 0.3) is 10.0 Å². The predicted molar refractivity (Wildman–Crippen MR) is 117 cm³/mol. The first-order valence-electron chi connectivity index (χ1n) is 9.46. The van der Waals surface area contributed by atoms with E-state index < -0.39 is 10.0 Å². The van der Waals surface area contributed by atoms with Crippen molar-refractivity contribution in [1.82, 2.24) is 9.55 Å². The monoisotopic (exact) mass is 423 g/mol. The van der Waals surface area contributed by atoms with Crippen LogP contribution in [-0.4, -0.2) is 24.6 Å². The SMILES string of the molecule is CCOc1ccc(S(=O)(=O)Nc2ccccc2-n2c(C)c[nH]c2=O)c2ccccc12. The fourth-order valence-electron chi connectivity index (χ4n) is 3.47. The zero-order valence-corrected chi connectivity index (χ0v) is 17.4. The number of ether oxygens (including phenoxy) is 1. The van der Waals surface area contributed by atoms with E-state index in [-0.39, 0.29) is 10.6 Å². The molecule has 0 unspecified atom stereocenters. The highest BCUT2D eigenvalue weighted by Crippen LogP contribution is 2.32. The first kappa shape index (κ1) is 19.8. The van der Waals surface area contributed by atoms with Gasteiger partial charge < -0.3 is 9.72 Å². The molecule has 0 aliphatic heterocycles. The molecule has 3 aromatic carbocycles. The highest BCUT2D eigenvalue weighted by atomic mass is 32.2. The maximum absolute atomic E-state index is 13.3. The van der Waals surface area contributed by atoms with Gasteiger partial charge in [-0.25, -0.2) is 13.2 Å². The van der Waals surface area contributed by atoms with Crippen LogP contribution >= 0.6 is 0 Å². The Labute approximate surface area is 174 Å². The summed E-state index contributed by atoms with van der Waals surface area (Å²) in [4.78, 5) is 15.0. The van der Waals surface area contributed by atoms with Crippen LogP contribution in [0.5, 0.6) is 5.75 Å². The van der Waals surface area contributed by atoms with Crippen molar-refractivity contribution in [3.8, 4) is 11.4 Å². The van der Waals surface area contributed by atoms with E-state index in [1.165, 1.54) is 10.6 Å². The van der Waals surface area contributed by atoms with Gasteiger partial charge in [-0.05, 0) is 38.1 Å². The van der Waals surface area contributed by atoms with Gasteiger partial charge in [0, 0.05) is 22.7 Å². The molecule has 8 heteroatoms. The molecule has 7 nitrogen and oxygen atoms in total. The Morgan fingerprint density at radius 3 is 2.40 bits per heavy atom. The van der Waals surface area contributed by atoms with Crippen LogP contribution in [0.15, 0.2) is 76.6 Å². The maximum atomic E-state index is 13.3. The van der Waals surface area contributed by atoms with E-state index in [4.69, 9.17) is 4.74 Å². The summed E-state index contributed by atoms with van der Waals surface area (Å²) < 4.78 is 36.4. The summed E-state index contributed by atoms with van der Waals surface area (Å²) in [7, 11) is -3.94. The first-order chi connectivity index (χ1) is 14.4. The van der Waals surface area contributed by atoms with Gasteiger partial charge in [0.05, 0.1) is 22.9 Å². The van der Waals surface area contributed by atoms with E-state index in [0.717, 1.165) is 0 Å². The number of imidazole rings is 1. The van der Waals surface area contributed by atoms with Gasteiger partial charge in [-0.1, -0.05) is 36.4 Å². The number of rotatable bonds is 6. The van der Waals surface area contributed by atoms with Gasteiger partial charge in [-0.3, -0.25) is 9.29 Å². The second-order valence-corrected chi connectivity index (χ2v) is 8.38. The number of aromatic amines is 1. The fraction of sp³-hybridized carbons (Fsp3) is 0.136. The van der Waals surface area contributed by atoms with Crippen molar-refractivity contribution < 1.29 is 13.2 Å². The number of hydrogen-bond donors (Lipinski definition) is 2. The molecule has 2 N–H and O–H groups in total. The van der Waals surface area contributed by atoms with Crippen LogP contribution in [0.25, 0.3) is 16.5 Å². The van der Waals surface area contributed by atoms with E-state index in [0.29, 0.717) is 40.2 Å². The number of H-pyrrole nitrogens is 1. The van der Waals surface area contributed by atoms with Crippen LogP contribution in [0.3, 0.4) is 0 Å². The summed E-state index contributed by atoms with van der Waals surface area (Å²) in [5.74, 6) is 0.627. The molecule has 0 fully saturated rings. The third kappa shape index (κ3) is 3.46. The smallest absolute Gasteiger partial charge is 0.330 e. The standard InChI is InChI=1S/C22H21N3O4S/c1-3-29-20-12-13-21(17-9-5-4-8-16(17)20)30(27,28)24-18-10-6-7-11-19(18)25-15(2)14-23-22(25)26/h4-14,24H,3H2,1-2H3,(H,23,26). The lowest BCUT2D eigenvalue weighted by Crippen LogP contribution is -2.20. The average molecular weight is 423 g/mol. The summed E-state index contributed by atoms with van der Waals surface area (Å²) in [6.45, 7) is 4.12. The highest BCUT2D eigenvalue weighted by Gasteiger charge is 2.21. The Morgan fingerprint density at radius 1 is 1.00 bits per heavy atom. The van der Waals surface area contributed by atoms with Crippen LogP contribution in [-0.2, 0) is 10.0 Å².